The summed E-state index contributed by atoms with van der Waals surface area (Å²) in [4.78, 5) is 10.4. The highest BCUT2D eigenvalue weighted by Gasteiger charge is 2.11. The summed E-state index contributed by atoms with van der Waals surface area (Å²) in [5.74, 6) is -1.00. The molecule has 0 radical (unpaired) electrons. The Morgan fingerprint density at radius 3 is 2.62 bits per heavy atom. The lowest BCUT2D eigenvalue weighted by Gasteiger charge is -2.06. The molecule has 0 bridgehead atoms. The van der Waals surface area contributed by atoms with Gasteiger partial charge in [0.2, 0.25) is 0 Å². The van der Waals surface area contributed by atoms with E-state index in [2.05, 4.69) is 5.16 Å². The molecule has 0 fully saturated rings. The highest BCUT2D eigenvalue weighted by atomic mass is 16.4. The fraction of sp³-hybridized carbons (Fsp3) is 0.273. The molecule has 5 nitrogen and oxygen atoms in total. The van der Waals surface area contributed by atoms with Gasteiger partial charge in [-0.2, -0.15) is 0 Å². The Morgan fingerprint density at radius 2 is 2.06 bits per heavy atom. The molecule has 1 rings (SSSR count). The van der Waals surface area contributed by atoms with Gasteiger partial charge in [0.05, 0.1) is 12.1 Å². The largest absolute Gasteiger partial charge is 0.507 e. The first-order valence-electron chi connectivity index (χ1n) is 4.77. The number of oxime groups is 1. The lowest BCUT2D eigenvalue weighted by Crippen LogP contribution is -2.06. The maximum absolute atomic E-state index is 10.4. The SMILES string of the molecule is Cc1ccc(O)c(C(CCC(=O)O)=NO)c1. The quantitative estimate of drug-likeness (QED) is 0.412. The van der Waals surface area contributed by atoms with Crippen molar-refractivity contribution in [2.45, 2.75) is 19.8 Å². The molecular weight excluding hydrogens is 210 g/mol. The number of carboxylic acids is 1. The van der Waals surface area contributed by atoms with Crippen LogP contribution in [0.1, 0.15) is 24.0 Å². The van der Waals surface area contributed by atoms with Crippen molar-refractivity contribution in [3.63, 3.8) is 0 Å². The molecule has 0 aliphatic carbocycles. The second kappa shape index (κ2) is 5.16. The van der Waals surface area contributed by atoms with Gasteiger partial charge in [0.25, 0.3) is 0 Å². The topological polar surface area (TPSA) is 90.1 Å². The second-order valence-corrected chi connectivity index (χ2v) is 3.46. The van der Waals surface area contributed by atoms with Gasteiger partial charge in [-0.05, 0) is 19.1 Å². The van der Waals surface area contributed by atoms with Crippen molar-refractivity contribution in [2.75, 3.05) is 0 Å². The number of hydrogen-bond acceptors (Lipinski definition) is 4. The van der Waals surface area contributed by atoms with Crippen molar-refractivity contribution < 1.29 is 20.2 Å². The molecule has 16 heavy (non-hydrogen) atoms. The first kappa shape index (κ1) is 12.0. The highest BCUT2D eigenvalue weighted by Crippen LogP contribution is 2.20. The summed E-state index contributed by atoms with van der Waals surface area (Å²) in [7, 11) is 0. The molecule has 0 aliphatic heterocycles. The number of phenols is 1. The van der Waals surface area contributed by atoms with Crippen LogP contribution in [0.2, 0.25) is 0 Å². The molecule has 0 atom stereocenters. The van der Waals surface area contributed by atoms with Gasteiger partial charge in [-0.1, -0.05) is 16.8 Å². The number of hydrogen-bond donors (Lipinski definition) is 3. The zero-order valence-corrected chi connectivity index (χ0v) is 8.84. The molecule has 5 heteroatoms. The average molecular weight is 223 g/mol. The van der Waals surface area contributed by atoms with Crippen LogP contribution in [0.4, 0.5) is 0 Å². The lowest BCUT2D eigenvalue weighted by molar-refractivity contribution is -0.136. The predicted molar refractivity (Wildman–Crippen MR) is 58.0 cm³/mol. The van der Waals surface area contributed by atoms with E-state index in [1.807, 2.05) is 6.92 Å². The third-order valence-electron chi connectivity index (χ3n) is 2.16. The average Bonchev–Trinajstić information content (AvgIpc) is 2.23. The molecule has 0 aliphatic rings. The van der Waals surface area contributed by atoms with Crippen molar-refractivity contribution in [1.82, 2.24) is 0 Å². The minimum absolute atomic E-state index is 0.0243. The van der Waals surface area contributed by atoms with Crippen molar-refractivity contribution >= 4 is 11.7 Å². The van der Waals surface area contributed by atoms with Gasteiger partial charge in [0.15, 0.2) is 0 Å². The van der Waals surface area contributed by atoms with Gasteiger partial charge in [0, 0.05) is 12.0 Å². The van der Waals surface area contributed by atoms with Crippen molar-refractivity contribution in [3.05, 3.63) is 29.3 Å². The predicted octanol–water partition coefficient (Wildman–Crippen LogP) is 1.74. The molecule has 3 N–H and O–H groups in total. The minimum atomic E-state index is -0.978. The fourth-order valence-electron chi connectivity index (χ4n) is 1.34. The molecule has 0 spiro atoms. The summed E-state index contributed by atoms with van der Waals surface area (Å²) in [5, 5.41) is 29.9. The Bertz CT molecular complexity index is 426. The smallest absolute Gasteiger partial charge is 0.303 e. The number of phenolic OH excluding ortho intramolecular Hbond substituents is 1. The van der Waals surface area contributed by atoms with E-state index in [9.17, 15) is 9.90 Å². The normalized spacial score (nSPS) is 11.4. The second-order valence-electron chi connectivity index (χ2n) is 3.46. The van der Waals surface area contributed by atoms with Crippen LogP contribution in [0, 0.1) is 6.92 Å². The first-order valence-corrected chi connectivity index (χ1v) is 4.77. The number of aryl methyl sites for hydroxylation is 1. The third-order valence-corrected chi connectivity index (χ3v) is 2.16. The maximum Gasteiger partial charge on any atom is 0.303 e. The van der Waals surface area contributed by atoms with Gasteiger partial charge in [-0.15, -0.1) is 0 Å². The van der Waals surface area contributed by atoms with E-state index in [-0.39, 0.29) is 24.3 Å². The van der Waals surface area contributed by atoms with Crippen LogP contribution in [0.25, 0.3) is 0 Å². The number of rotatable bonds is 4. The molecule has 0 aromatic heterocycles. The molecular formula is C11H13NO4. The zero-order valence-electron chi connectivity index (χ0n) is 8.84. The Hall–Kier alpha value is -2.04. The molecule has 0 saturated heterocycles. The number of carbonyl (C=O) groups is 1. The third kappa shape index (κ3) is 2.98. The number of aliphatic carboxylic acids is 1. The molecule has 0 heterocycles. The summed E-state index contributed by atoms with van der Waals surface area (Å²) in [6.07, 6.45) is -0.0738. The summed E-state index contributed by atoms with van der Waals surface area (Å²) in [5.41, 5.74) is 1.43. The van der Waals surface area contributed by atoms with Crippen molar-refractivity contribution in [3.8, 4) is 5.75 Å². The van der Waals surface area contributed by atoms with Gasteiger partial charge >= 0.3 is 5.97 Å². The van der Waals surface area contributed by atoms with Crippen molar-refractivity contribution in [2.24, 2.45) is 5.16 Å². The molecule has 0 unspecified atom stereocenters. The zero-order chi connectivity index (χ0) is 12.1. The standard InChI is InChI=1S/C11H13NO4/c1-7-2-4-10(13)8(6-7)9(12-16)3-5-11(14)15/h2,4,6,13,16H,3,5H2,1H3,(H,14,15). The van der Waals surface area contributed by atoms with E-state index in [1.54, 1.807) is 12.1 Å². The Balaban J connectivity index is 2.95. The van der Waals surface area contributed by atoms with E-state index < -0.39 is 5.97 Å². The van der Waals surface area contributed by atoms with Gasteiger partial charge < -0.3 is 15.4 Å². The summed E-state index contributed by atoms with van der Waals surface area (Å²) in [6.45, 7) is 1.83. The van der Waals surface area contributed by atoms with E-state index in [1.165, 1.54) is 6.07 Å². The van der Waals surface area contributed by atoms with Crippen LogP contribution in [0.3, 0.4) is 0 Å². The number of nitrogens with zero attached hydrogens (tertiary/aromatic N) is 1. The number of carboxylic acid groups (broad SMARTS) is 1. The van der Waals surface area contributed by atoms with Crippen LogP contribution >= 0.6 is 0 Å². The van der Waals surface area contributed by atoms with E-state index in [0.29, 0.717) is 5.56 Å². The Labute approximate surface area is 92.6 Å². The molecule has 86 valence electrons. The van der Waals surface area contributed by atoms with Crippen molar-refractivity contribution in [1.29, 1.82) is 0 Å². The highest BCUT2D eigenvalue weighted by molar-refractivity contribution is 6.03. The summed E-state index contributed by atoms with van der Waals surface area (Å²) >= 11 is 0. The summed E-state index contributed by atoms with van der Waals surface area (Å²) < 4.78 is 0. The number of aromatic hydroxyl groups is 1. The van der Waals surface area contributed by atoms with Gasteiger partial charge in [0.1, 0.15) is 5.75 Å². The molecule has 1 aromatic rings. The van der Waals surface area contributed by atoms with Crippen LogP contribution in [-0.2, 0) is 4.79 Å². The van der Waals surface area contributed by atoms with Crippen LogP contribution in [0.15, 0.2) is 23.4 Å². The van der Waals surface area contributed by atoms with Gasteiger partial charge in [-0.3, -0.25) is 4.79 Å². The van der Waals surface area contributed by atoms with Crippen LogP contribution in [-0.4, -0.2) is 27.1 Å². The van der Waals surface area contributed by atoms with E-state index in [4.69, 9.17) is 10.3 Å². The summed E-state index contributed by atoms with van der Waals surface area (Å²) in [6, 6.07) is 4.84. The number of benzene rings is 1. The molecule has 0 saturated carbocycles. The molecule has 0 amide bonds. The van der Waals surface area contributed by atoms with E-state index >= 15 is 0 Å². The van der Waals surface area contributed by atoms with Crippen LogP contribution < -0.4 is 0 Å². The Kier molecular flexibility index (Phi) is 3.88. The lowest BCUT2D eigenvalue weighted by atomic mass is 10.0. The fourth-order valence-corrected chi connectivity index (χ4v) is 1.34. The molecule has 1 aromatic carbocycles. The van der Waals surface area contributed by atoms with Crippen LogP contribution in [0.5, 0.6) is 5.75 Å². The van der Waals surface area contributed by atoms with Gasteiger partial charge in [-0.25, -0.2) is 0 Å². The maximum atomic E-state index is 10.4. The Morgan fingerprint density at radius 1 is 1.38 bits per heavy atom. The first-order chi connectivity index (χ1) is 7.54. The minimum Gasteiger partial charge on any atom is -0.507 e. The van der Waals surface area contributed by atoms with E-state index in [0.717, 1.165) is 5.56 Å². The monoisotopic (exact) mass is 223 g/mol.